The lowest BCUT2D eigenvalue weighted by Crippen LogP contribution is -2.61. The lowest BCUT2D eigenvalue weighted by molar-refractivity contribution is -0.252. The van der Waals surface area contributed by atoms with E-state index >= 15 is 0 Å². The zero-order chi connectivity index (χ0) is 14.6. The first-order chi connectivity index (χ1) is 8.90. The van der Waals surface area contributed by atoms with Crippen LogP contribution >= 0.6 is 0 Å². The standard InChI is InChI=1S/C14H28O5/c1-14(2,3)13-12(18-6)11(17-5)9(7-15)10(19-13)8-16-4/h9-13,15H,7-8H2,1-6H3/t9-,10?,11-,12?,13+/m0/s1. The van der Waals surface area contributed by atoms with Crippen molar-refractivity contribution < 1.29 is 24.1 Å². The summed E-state index contributed by atoms with van der Waals surface area (Å²) >= 11 is 0. The second-order valence-corrected chi connectivity index (χ2v) is 6.16. The molecule has 0 aromatic heterocycles. The number of aliphatic hydroxyl groups excluding tert-OH is 1. The van der Waals surface area contributed by atoms with Crippen LogP contribution in [-0.4, -0.2) is 64.1 Å². The van der Waals surface area contributed by atoms with E-state index in [0.29, 0.717) is 6.61 Å². The maximum atomic E-state index is 9.62. The molecule has 5 nitrogen and oxygen atoms in total. The van der Waals surface area contributed by atoms with Gasteiger partial charge in [0.1, 0.15) is 6.10 Å². The molecule has 0 aromatic rings. The van der Waals surface area contributed by atoms with E-state index in [1.165, 1.54) is 0 Å². The summed E-state index contributed by atoms with van der Waals surface area (Å²) in [5.41, 5.74) is -0.0795. The molecular formula is C14H28O5. The van der Waals surface area contributed by atoms with Crippen LogP contribution < -0.4 is 0 Å². The Morgan fingerprint density at radius 1 is 1.05 bits per heavy atom. The molecule has 5 heteroatoms. The number of ether oxygens (including phenoxy) is 4. The molecule has 0 saturated carbocycles. The highest BCUT2D eigenvalue weighted by atomic mass is 16.6. The second-order valence-electron chi connectivity index (χ2n) is 6.16. The first kappa shape index (κ1) is 16.9. The van der Waals surface area contributed by atoms with E-state index < -0.39 is 0 Å². The maximum absolute atomic E-state index is 9.62. The Morgan fingerprint density at radius 3 is 2.00 bits per heavy atom. The van der Waals surface area contributed by atoms with Gasteiger partial charge in [-0.2, -0.15) is 0 Å². The minimum absolute atomic E-state index is 0.0107. The SMILES string of the molecule is COCC1O[C@@H](C(C)(C)C)C(OC)[C@@H](OC)[C@H]1CO. The smallest absolute Gasteiger partial charge is 0.110 e. The van der Waals surface area contributed by atoms with Crippen molar-refractivity contribution in [3.63, 3.8) is 0 Å². The summed E-state index contributed by atoms with van der Waals surface area (Å²) in [5.74, 6) is -0.145. The molecule has 0 amide bonds. The van der Waals surface area contributed by atoms with Crippen LogP contribution in [-0.2, 0) is 18.9 Å². The van der Waals surface area contributed by atoms with Gasteiger partial charge in [0.05, 0.1) is 31.5 Å². The van der Waals surface area contributed by atoms with Crippen molar-refractivity contribution in [3.05, 3.63) is 0 Å². The van der Waals surface area contributed by atoms with E-state index in [1.54, 1.807) is 21.3 Å². The van der Waals surface area contributed by atoms with Gasteiger partial charge < -0.3 is 24.1 Å². The second kappa shape index (κ2) is 6.99. The van der Waals surface area contributed by atoms with E-state index in [4.69, 9.17) is 18.9 Å². The normalized spacial score (nSPS) is 36.5. The van der Waals surface area contributed by atoms with Gasteiger partial charge in [-0.15, -0.1) is 0 Å². The molecule has 1 saturated heterocycles. The molecule has 0 aliphatic carbocycles. The van der Waals surface area contributed by atoms with Gasteiger partial charge in [-0.1, -0.05) is 20.8 Å². The van der Waals surface area contributed by atoms with Crippen LogP contribution in [0.15, 0.2) is 0 Å². The summed E-state index contributed by atoms with van der Waals surface area (Å²) in [6.07, 6.45) is -0.690. The Balaban J connectivity index is 3.02. The zero-order valence-corrected chi connectivity index (χ0v) is 12.9. The minimum Gasteiger partial charge on any atom is -0.396 e. The van der Waals surface area contributed by atoms with Gasteiger partial charge in [0.2, 0.25) is 0 Å². The fourth-order valence-electron chi connectivity index (χ4n) is 2.81. The summed E-state index contributed by atoms with van der Waals surface area (Å²) in [6.45, 7) is 6.76. The molecule has 0 aromatic carbocycles. The fourth-order valence-corrected chi connectivity index (χ4v) is 2.81. The average molecular weight is 276 g/mol. The van der Waals surface area contributed by atoms with Crippen molar-refractivity contribution in [1.29, 1.82) is 0 Å². The third kappa shape index (κ3) is 3.67. The summed E-state index contributed by atoms with van der Waals surface area (Å²) in [4.78, 5) is 0. The number of rotatable bonds is 5. The molecule has 0 bridgehead atoms. The summed E-state index contributed by atoms with van der Waals surface area (Å²) in [5, 5.41) is 9.62. The van der Waals surface area contributed by atoms with Crippen LogP contribution in [0.5, 0.6) is 0 Å². The molecule has 0 spiro atoms. The van der Waals surface area contributed by atoms with Gasteiger partial charge in [-0.25, -0.2) is 0 Å². The van der Waals surface area contributed by atoms with Gasteiger partial charge in [0.25, 0.3) is 0 Å². The van der Waals surface area contributed by atoms with Crippen LogP contribution in [0.1, 0.15) is 20.8 Å². The van der Waals surface area contributed by atoms with E-state index in [0.717, 1.165) is 0 Å². The van der Waals surface area contributed by atoms with Gasteiger partial charge in [0.15, 0.2) is 0 Å². The van der Waals surface area contributed by atoms with Gasteiger partial charge in [-0.3, -0.25) is 0 Å². The monoisotopic (exact) mass is 276 g/mol. The van der Waals surface area contributed by atoms with Gasteiger partial charge in [-0.05, 0) is 5.41 Å². The van der Waals surface area contributed by atoms with Crippen molar-refractivity contribution in [2.45, 2.75) is 45.2 Å². The quantitative estimate of drug-likeness (QED) is 0.814. The lowest BCUT2D eigenvalue weighted by Gasteiger charge is -2.49. The molecule has 1 aliphatic rings. The average Bonchev–Trinajstić information content (AvgIpc) is 2.36. The van der Waals surface area contributed by atoms with Crippen LogP contribution in [0.4, 0.5) is 0 Å². The number of aliphatic hydroxyl groups is 1. The Hall–Kier alpha value is -0.200. The molecule has 1 fully saturated rings. The van der Waals surface area contributed by atoms with Crippen molar-refractivity contribution >= 4 is 0 Å². The molecule has 1 aliphatic heterocycles. The molecule has 5 atom stereocenters. The predicted octanol–water partition coefficient (Wildman–Crippen LogP) is 1.08. The van der Waals surface area contributed by atoms with Crippen molar-refractivity contribution in [2.75, 3.05) is 34.5 Å². The molecule has 1 heterocycles. The number of hydrogen-bond acceptors (Lipinski definition) is 5. The molecule has 114 valence electrons. The van der Waals surface area contributed by atoms with E-state index in [2.05, 4.69) is 20.8 Å². The summed E-state index contributed by atoms with van der Waals surface area (Å²) in [7, 11) is 4.94. The predicted molar refractivity (Wildman–Crippen MR) is 72.2 cm³/mol. The molecule has 0 radical (unpaired) electrons. The lowest BCUT2D eigenvalue weighted by atomic mass is 9.77. The van der Waals surface area contributed by atoms with Gasteiger partial charge in [0, 0.05) is 27.2 Å². The summed E-state index contributed by atoms with van der Waals surface area (Å²) in [6, 6.07) is 0. The van der Waals surface area contributed by atoms with Crippen LogP contribution in [0.2, 0.25) is 0 Å². The highest BCUT2D eigenvalue weighted by Crippen LogP contribution is 2.37. The fraction of sp³-hybridized carbons (Fsp3) is 1.00. The molecule has 1 N–H and O–H groups in total. The topological polar surface area (TPSA) is 57.2 Å². The first-order valence-corrected chi connectivity index (χ1v) is 6.71. The number of hydrogen-bond donors (Lipinski definition) is 1. The molecule has 1 rings (SSSR count). The largest absolute Gasteiger partial charge is 0.396 e. The van der Waals surface area contributed by atoms with Crippen molar-refractivity contribution in [2.24, 2.45) is 11.3 Å². The highest BCUT2D eigenvalue weighted by molar-refractivity contribution is 4.97. The Labute approximate surface area is 116 Å². The highest BCUT2D eigenvalue weighted by Gasteiger charge is 2.49. The van der Waals surface area contributed by atoms with Crippen molar-refractivity contribution in [1.82, 2.24) is 0 Å². The Morgan fingerprint density at radius 2 is 1.63 bits per heavy atom. The van der Waals surface area contributed by atoms with E-state index in [-0.39, 0.29) is 42.4 Å². The third-order valence-electron chi connectivity index (χ3n) is 3.78. The first-order valence-electron chi connectivity index (χ1n) is 6.71. The Bertz CT molecular complexity index is 263. The van der Waals surface area contributed by atoms with Crippen LogP contribution in [0, 0.1) is 11.3 Å². The Kier molecular flexibility index (Phi) is 6.20. The van der Waals surface area contributed by atoms with E-state index in [9.17, 15) is 5.11 Å². The van der Waals surface area contributed by atoms with E-state index in [1.807, 2.05) is 0 Å². The third-order valence-corrected chi connectivity index (χ3v) is 3.78. The van der Waals surface area contributed by atoms with Gasteiger partial charge >= 0.3 is 0 Å². The van der Waals surface area contributed by atoms with Crippen LogP contribution in [0.25, 0.3) is 0 Å². The minimum atomic E-state index is -0.201. The summed E-state index contributed by atoms with van der Waals surface area (Å²) < 4.78 is 22.5. The number of methoxy groups -OCH3 is 3. The zero-order valence-electron chi connectivity index (χ0n) is 12.9. The molecular weight excluding hydrogens is 248 g/mol. The molecule has 2 unspecified atom stereocenters. The van der Waals surface area contributed by atoms with Crippen LogP contribution in [0.3, 0.4) is 0 Å². The van der Waals surface area contributed by atoms with Crippen molar-refractivity contribution in [3.8, 4) is 0 Å². The maximum Gasteiger partial charge on any atom is 0.110 e. The molecule has 19 heavy (non-hydrogen) atoms.